The minimum absolute atomic E-state index is 0.0874. The number of fused-ring (bicyclic) bond motifs is 1. The smallest absolute Gasteiger partial charge is 0.310 e. The summed E-state index contributed by atoms with van der Waals surface area (Å²) in [4.78, 5) is 19.1. The molecule has 0 aromatic heterocycles. The van der Waals surface area contributed by atoms with Crippen LogP contribution in [0.5, 0.6) is 11.5 Å². The van der Waals surface area contributed by atoms with Crippen molar-refractivity contribution in [2.45, 2.75) is 39.7 Å². The highest BCUT2D eigenvalue weighted by Gasteiger charge is 2.28. The summed E-state index contributed by atoms with van der Waals surface area (Å²) in [5.74, 6) is 2.23. The number of carbonyl (C=O) groups excluding carboxylic acids is 1. The second-order valence-corrected chi connectivity index (χ2v) is 7.04. The number of aliphatic imine (C=N–C) groups is 1. The number of likely N-dealkylation sites (tertiary alicyclic amines) is 1. The zero-order valence-electron chi connectivity index (χ0n) is 16.9. The first kappa shape index (κ1) is 20.3. The van der Waals surface area contributed by atoms with E-state index in [1.54, 1.807) is 0 Å². The maximum atomic E-state index is 12.1. The summed E-state index contributed by atoms with van der Waals surface area (Å²) >= 11 is 0. The SMILES string of the molecule is CCNC(=NCc1ccc2c(c1)OCCCO2)N1CCCC(C(=O)OCC)C1. The molecule has 1 fully saturated rings. The van der Waals surface area contributed by atoms with Gasteiger partial charge in [-0.25, -0.2) is 4.99 Å². The molecule has 0 bridgehead atoms. The van der Waals surface area contributed by atoms with Gasteiger partial charge in [0.25, 0.3) is 0 Å². The molecule has 0 aliphatic carbocycles. The van der Waals surface area contributed by atoms with Gasteiger partial charge in [0.1, 0.15) is 0 Å². The summed E-state index contributed by atoms with van der Waals surface area (Å²) in [5, 5.41) is 3.35. The predicted molar refractivity (Wildman–Crippen MR) is 108 cm³/mol. The fourth-order valence-electron chi connectivity index (χ4n) is 3.52. The lowest BCUT2D eigenvalue weighted by molar-refractivity contribution is -0.149. The summed E-state index contributed by atoms with van der Waals surface area (Å²) < 4.78 is 16.7. The van der Waals surface area contributed by atoms with Crippen molar-refractivity contribution in [3.05, 3.63) is 23.8 Å². The third-order valence-electron chi connectivity index (χ3n) is 4.90. The van der Waals surface area contributed by atoms with Crippen molar-refractivity contribution in [3.8, 4) is 11.5 Å². The van der Waals surface area contributed by atoms with E-state index in [9.17, 15) is 4.79 Å². The molecule has 0 amide bonds. The van der Waals surface area contributed by atoms with E-state index >= 15 is 0 Å². The Morgan fingerprint density at radius 3 is 2.86 bits per heavy atom. The highest BCUT2D eigenvalue weighted by atomic mass is 16.5. The van der Waals surface area contributed by atoms with Gasteiger partial charge in [0.2, 0.25) is 0 Å². The maximum absolute atomic E-state index is 12.1. The van der Waals surface area contributed by atoms with Gasteiger partial charge in [-0.1, -0.05) is 6.07 Å². The van der Waals surface area contributed by atoms with Gasteiger partial charge in [0.15, 0.2) is 17.5 Å². The van der Waals surface area contributed by atoms with E-state index in [1.807, 2.05) is 25.1 Å². The Morgan fingerprint density at radius 2 is 2.07 bits per heavy atom. The van der Waals surface area contributed by atoms with E-state index in [2.05, 4.69) is 17.1 Å². The van der Waals surface area contributed by atoms with Gasteiger partial charge in [0.05, 0.1) is 32.3 Å². The molecule has 2 aliphatic rings. The molecule has 1 unspecified atom stereocenters. The monoisotopic (exact) mass is 389 g/mol. The van der Waals surface area contributed by atoms with Gasteiger partial charge in [-0.05, 0) is 44.4 Å². The van der Waals surface area contributed by atoms with Crippen molar-refractivity contribution in [2.75, 3.05) is 39.5 Å². The molecule has 7 nitrogen and oxygen atoms in total. The number of esters is 1. The number of rotatable bonds is 5. The van der Waals surface area contributed by atoms with Crippen molar-refractivity contribution < 1.29 is 19.0 Å². The predicted octanol–water partition coefficient (Wildman–Crippen LogP) is 2.59. The molecule has 1 aromatic carbocycles. The Hall–Kier alpha value is -2.44. The van der Waals surface area contributed by atoms with E-state index in [4.69, 9.17) is 19.2 Å². The molecule has 28 heavy (non-hydrogen) atoms. The average Bonchev–Trinajstić information content (AvgIpc) is 2.96. The standard InChI is InChI=1S/C21H31N3O4/c1-3-22-21(24-10-5-7-17(15-24)20(25)26-4-2)23-14-16-8-9-18-19(13-16)28-12-6-11-27-18/h8-9,13,17H,3-7,10-12,14-15H2,1-2H3,(H,22,23). The molecule has 1 saturated heterocycles. The molecule has 3 rings (SSSR count). The molecule has 0 saturated carbocycles. The Bertz CT molecular complexity index is 692. The van der Waals surface area contributed by atoms with E-state index < -0.39 is 0 Å². The molecule has 7 heteroatoms. The number of guanidine groups is 1. The number of ether oxygens (including phenoxy) is 3. The van der Waals surface area contributed by atoms with Crippen molar-refractivity contribution in [2.24, 2.45) is 10.9 Å². The number of piperidine rings is 1. The fraction of sp³-hybridized carbons (Fsp3) is 0.619. The summed E-state index contributed by atoms with van der Waals surface area (Å²) in [6, 6.07) is 5.99. The number of hydrogen-bond acceptors (Lipinski definition) is 5. The van der Waals surface area contributed by atoms with Crippen LogP contribution in [0.15, 0.2) is 23.2 Å². The van der Waals surface area contributed by atoms with Gasteiger partial charge in [-0.15, -0.1) is 0 Å². The molecule has 1 atom stereocenters. The average molecular weight is 389 g/mol. The number of nitrogens with one attached hydrogen (secondary N) is 1. The van der Waals surface area contributed by atoms with Crippen molar-refractivity contribution in [1.29, 1.82) is 0 Å². The first-order valence-corrected chi connectivity index (χ1v) is 10.3. The fourth-order valence-corrected chi connectivity index (χ4v) is 3.52. The highest BCUT2D eigenvalue weighted by Crippen LogP contribution is 2.30. The lowest BCUT2D eigenvalue weighted by Crippen LogP contribution is -2.48. The van der Waals surface area contributed by atoms with Gasteiger partial charge >= 0.3 is 5.97 Å². The Kier molecular flexibility index (Phi) is 7.39. The van der Waals surface area contributed by atoms with Crippen LogP contribution in [0, 0.1) is 5.92 Å². The third-order valence-corrected chi connectivity index (χ3v) is 4.90. The minimum atomic E-state index is -0.106. The zero-order valence-corrected chi connectivity index (χ0v) is 16.9. The van der Waals surface area contributed by atoms with Crippen LogP contribution in [0.4, 0.5) is 0 Å². The molecule has 1 N–H and O–H groups in total. The van der Waals surface area contributed by atoms with E-state index in [0.717, 1.165) is 55.4 Å². The second-order valence-electron chi connectivity index (χ2n) is 7.04. The van der Waals surface area contributed by atoms with Crippen LogP contribution in [-0.4, -0.2) is 56.3 Å². The van der Waals surface area contributed by atoms with Crippen molar-refractivity contribution in [3.63, 3.8) is 0 Å². The van der Waals surface area contributed by atoms with Crippen molar-refractivity contribution in [1.82, 2.24) is 10.2 Å². The van der Waals surface area contributed by atoms with E-state index in [1.165, 1.54) is 0 Å². The Labute approximate surface area is 167 Å². The summed E-state index contributed by atoms with van der Waals surface area (Å²) in [6.07, 6.45) is 2.72. The molecular formula is C21H31N3O4. The van der Waals surface area contributed by atoms with Gasteiger partial charge in [-0.2, -0.15) is 0 Å². The molecule has 154 valence electrons. The normalized spacial score (nSPS) is 19.7. The lowest BCUT2D eigenvalue weighted by atomic mass is 9.98. The Morgan fingerprint density at radius 1 is 1.25 bits per heavy atom. The number of nitrogens with zero attached hydrogens (tertiary/aromatic N) is 2. The lowest BCUT2D eigenvalue weighted by Gasteiger charge is -2.34. The topological polar surface area (TPSA) is 72.4 Å². The summed E-state index contributed by atoms with van der Waals surface area (Å²) in [7, 11) is 0. The molecule has 0 spiro atoms. The van der Waals surface area contributed by atoms with Gasteiger partial charge in [-0.3, -0.25) is 4.79 Å². The Balaban J connectivity index is 1.68. The van der Waals surface area contributed by atoms with E-state index in [0.29, 0.717) is 32.9 Å². The van der Waals surface area contributed by atoms with Crippen LogP contribution in [0.3, 0.4) is 0 Å². The first-order valence-electron chi connectivity index (χ1n) is 10.3. The summed E-state index contributed by atoms with van der Waals surface area (Å²) in [5.41, 5.74) is 1.07. The molecule has 2 aliphatic heterocycles. The minimum Gasteiger partial charge on any atom is -0.490 e. The van der Waals surface area contributed by atoms with Crippen LogP contribution in [-0.2, 0) is 16.1 Å². The number of hydrogen-bond donors (Lipinski definition) is 1. The second kappa shape index (κ2) is 10.2. The van der Waals surface area contributed by atoms with Gasteiger partial charge < -0.3 is 24.4 Å². The molecule has 0 radical (unpaired) electrons. The number of benzene rings is 1. The molecule has 2 heterocycles. The first-order chi connectivity index (χ1) is 13.7. The molecule has 1 aromatic rings. The van der Waals surface area contributed by atoms with Crippen molar-refractivity contribution >= 4 is 11.9 Å². The highest BCUT2D eigenvalue weighted by molar-refractivity contribution is 5.81. The summed E-state index contributed by atoms with van der Waals surface area (Å²) in [6.45, 7) is 8.54. The molecular weight excluding hydrogens is 358 g/mol. The van der Waals surface area contributed by atoms with Crippen LogP contribution < -0.4 is 14.8 Å². The number of carbonyl (C=O) groups is 1. The quantitative estimate of drug-likeness (QED) is 0.474. The third kappa shape index (κ3) is 5.30. The van der Waals surface area contributed by atoms with Crippen LogP contribution in [0.25, 0.3) is 0 Å². The zero-order chi connectivity index (χ0) is 19.8. The van der Waals surface area contributed by atoms with Crippen LogP contribution >= 0.6 is 0 Å². The maximum Gasteiger partial charge on any atom is 0.310 e. The van der Waals surface area contributed by atoms with Gasteiger partial charge in [0, 0.05) is 26.1 Å². The largest absolute Gasteiger partial charge is 0.490 e. The van der Waals surface area contributed by atoms with E-state index in [-0.39, 0.29) is 11.9 Å². The van der Waals surface area contributed by atoms with Crippen LogP contribution in [0.1, 0.15) is 38.7 Å². The van der Waals surface area contributed by atoms with Crippen LogP contribution in [0.2, 0.25) is 0 Å².